The minimum absolute atomic E-state index is 0.259. The highest BCUT2D eigenvalue weighted by Gasteiger charge is 2.08. The lowest BCUT2D eigenvalue weighted by atomic mass is 10.2. The summed E-state index contributed by atoms with van der Waals surface area (Å²) in [6.07, 6.45) is 0.802. The molecule has 0 fully saturated rings. The van der Waals surface area contributed by atoms with E-state index in [2.05, 4.69) is 0 Å². The smallest absolute Gasteiger partial charge is 0.169 e. The number of thioether (sulfide) groups is 1. The van der Waals surface area contributed by atoms with Crippen molar-refractivity contribution < 1.29 is 13.9 Å². The van der Waals surface area contributed by atoms with Crippen LogP contribution in [-0.4, -0.2) is 13.4 Å². The second-order valence-electron chi connectivity index (χ2n) is 3.91. The quantitative estimate of drug-likeness (QED) is 0.611. The molecule has 0 aliphatic rings. The van der Waals surface area contributed by atoms with Gasteiger partial charge in [0.25, 0.3) is 0 Å². The molecule has 2 aromatic carbocycles. The van der Waals surface area contributed by atoms with E-state index < -0.39 is 0 Å². The number of halogens is 1. The highest BCUT2D eigenvalue weighted by molar-refractivity contribution is 7.98. The molecule has 2 aromatic rings. The van der Waals surface area contributed by atoms with Crippen molar-refractivity contribution in [3.8, 4) is 5.75 Å². The fourth-order valence-electron chi connectivity index (χ4n) is 1.63. The van der Waals surface area contributed by atoms with Crippen LogP contribution in [0.4, 0.5) is 4.39 Å². The molecule has 0 N–H and O–H groups in total. The molecular weight excluding hydrogens is 263 g/mol. The van der Waals surface area contributed by atoms with Crippen LogP contribution >= 0.6 is 11.8 Å². The topological polar surface area (TPSA) is 26.3 Å². The van der Waals surface area contributed by atoms with Gasteiger partial charge in [-0.25, -0.2) is 4.39 Å². The first-order valence-corrected chi connectivity index (χ1v) is 6.72. The Morgan fingerprint density at radius 3 is 2.58 bits per heavy atom. The highest BCUT2D eigenvalue weighted by atomic mass is 32.2. The normalized spacial score (nSPS) is 10.2. The number of methoxy groups -OCH3 is 1. The molecule has 0 radical (unpaired) electrons. The van der Waals surface area contributed by atoms with Crippen LogP contribution in [0.25, 0.3) is 0 Å². The van der Waals surface area contributed by atoms with Gasteiger partial charge >= 0.3 is 0 Å². The first-order chi connectivity index (χ1) is 9.24. The number of benzene rings is 2. The maximum Gasteiger partial charge on any atom is 0.169 e. The Hall–Kier alpha value is -1.81. The van der Waals surface area contributed by atoms with Gasteiger partial charge < -0.3 is 4.74 Å². The maximum atomic E-state index is 13.9. The summed E-state index contributed by atoms with van der Waals surface area (Å²) in [5.41, 5.74) is 1.24. The van der Waals surface area contributed by atoms with Gasteiger partial charge in [0.1, 0.15) is 6.29 Å². The molecule has 0 amide bonds. The number of aldehydes is 1. The predicted octanol–water partition coefficient (Wildman–Crippen LogP) is 3.94. The van der Waals surface area contributed by atoms with Gasteiger partial charge in [0.2, 0.25) is 0 Å². The molecule has 0 unspecified atom stereocenters. The van der Waals surface area contributed by atoms with E-state index in [9.17, 15) is 9.18 Å². The molecule has 2 nitrogen and oxygen atoms in total. The van der Waals surface area contributed by atoms with Gasteiger partial charge in [0.15, 0.2) is 11.6 Å². The Labute approximate surface area is 115 Å². The molecule has 0 saturated heterocycles. The van der Waals surface area contributed by atoms with Crippen LogP contribution in [0, 0.1) is 5.82 Å². The fraction of sp³-hybridized carbons (Fsp3) is 0.133. The first kappa shape index (κ1) is 13.6. The third-order valence-corrected chi connectivity index (χ3v) is 3.73. The zero-order chi connectivity index (χ0) is 13.7. The molecule has 0 spiro atoms. The fourth-order valence-corrected chi connectivity index (χ4v) is 2.50. The largest absolute Gasteiger partial charge is 0.494 e. The summed E-state index contributed by atoms with van der Waals surface area (Å²) in [4.78, 5) is 11.5. The molecule has 2 rings (SSSR count). The van der Waals surface area contributed by atoms with Crippen molar-refractivity contribution >= 4 is 18.0 Å². The molecule has 0 aliphatic heterocycles. The number of hydrogen-bond donors (Lipinski definition) is 0. The highest BCUT2D eigenvalue weighted by Crippen LogP contribution is 2.27. The number of ether oxygens (including phenoxy) is 1. The van der Waals surface area contributed by atoms with Crippen molar-refractivity contribution in [1.29, 1.82) is 0 Å². The minimum atomic E-state index is -0.318. The Kier molecular flexibility index (Phi) is 4.58. The van der Waals surface area contributed by atoms with Gasteiger partial charge in [-0.05, 0) is 18.2 Å². The van der Waals surface area contributed by atoms with Crippen LogP contribution in [0.15, 0.2) is 47.4 Å². The standard InChI is InChI=1S/C15H13FO2S/c1-18-14-4-2-3-12(15(14)16)10-19-13-7-5-11(9-17)6-8-13/h2-9H,10H2,1H3. The number of carbonyl (C=O) groups is 1. The van der Waals surface area contributed by atoms with Gasteiger partial charge in [0.05, 0.1) is 7.11 Å². The van der Waals surface area contributed by atoms with E-state index in [1.165, 1.54) is 18.9 Å². The zero-order valence-corrected chi connectivity index (χ0v) is 11.2. The van der Waals surface area contributed by atoms with Crippen molar-refractivity contribution in [2.24, 2.45) is 0 Å². The van der Waals surface area contributed by atoms with Crippen LogP contribution in [0.1, 0.15) is 15.9 Å². The lowest BCUT2D eigenvalue weighted by molar-refractivity contribution is 0.112. The van der Waals surface area contributed by atoms with Crippen LogP contribution in [-0.2, 0) is 5.75 Å². The Bertz CT molecular complexity index is 567. The van der Waals surface area contributed by atoms with Crippen LogP contribution in [0.5, 0.6) is 5.75 Å². The van der Waals surface area contributed by atoms with Gasteiger partial charge in [-0.2, -0.15) is 0 Å². The maximum absolute atomic E-state index is 13.9. The summed E-state index contributed by atoms with van der Waals surface area (Å²) < 4.78 is 18.9. The molecule has 19 heavy (non-hydrogen) atoms. The lowest BCUT2D eigenvalue weighted by Gasteiger charge is -2.07. The minimum Gasteiger partial charge on any atom is -0.494 e. The third kappa shape index (κ3) is 3.35. The van der Waals surface area contributed by atoms with E-state index in [0.29, 0.717) is 16.9 Å². The molecule has 0 saturated carbocycles. The van der Waals surface area contributed by atoms with Crippen molar-refractivity contribution in [1.82, 2.24) is 0 Å². The van der Waals surface area contributed by atoms with Gasteiger partial charge in [-0.15, -0.1) is 11.8 Å². The lowest BCUT2D eigenvalue weighted by Crippen LogP contribution is -1.93. The van der Waals surface area contributed by atoms with E-state index >= 15 is 0 Å². The number of hydrogen-bond acceptors (Lipinski definition) is 3. The molecule has 0 atom stereocenters. The van der Waals surface area contributed by atoms with Crippen LogP contribution in [0.3, 0.4) is 0 Å². The predicted molar refractivity (Wildman–Crippen MR) is 74.3 cm³/mol. The SMILES string of the molecule is COc1cccc(CSc2ccc(C=O)cc2)c1F. The van der Waals surface area contributed by atoms with E-state index in [4.69, 9.17) is 4.74 Å². The summed E-state index contributed by atoms with van der Waals surface area (Å²) in [6.45, 7) is 0. The molecule has 0 heterocycles. The average Bonchev–Trinajstić information content (AvgIpc) is 2.47. The summed E-state index contributed by atoms with van der Waals surface area (Å²) in [7, 11) is 1.45. The monoisotopic (exact) mass is 276 g/mol. The van der Waals surface area contributed by atoms with Crippen molar-refractivity contribution in [3.63, 3.8) is 0 Å². The Balaban J connectivity index is 2.07. The van der Waals surface area contributed by atoms with Crippen molar-refractivity contribution in [3.05, 3.63) is 59.4 Å². The van der Waals surface area contributed by atoms with E-state index in [1.54, 1.807) is 30.3 Å². The summed E-state index contributed by atoms with van der Waals surface area (Å²) in [6, 6.07) is 12.3. The molecule has 4 heteroatoms. The van der Waals surface area contributed by atoms with Gasteiger partial charge in [-0.1, -0.05) is 24.3 Å². The third-order valence-electron chi connectivity index (χ3n) is 2.67. The van der Waals surface area contributed by atoms with Crippen LogP contribution < -0.4 is 4.74 Å². The van der Waals surface area contributed by atoms with Crippen molar-refractivity contribution in [2.75, 3.05) is 7.11 Å². The second kappa shape index (κ2) is 6.38. The first-order valence-electron chi connectivity index (χ1n) is 5.74. The number of rotatable bonds is 5. The summed E-state index contributed by atoms with van der Waals surface area (Å²) >= 11 is 1.51. The Morgan fingerprint density at radius 2 is 1.95 bits per heavy atom. The van der Waals surface area contributed by atoms with E-state index in [0.717, 1.165) is 11.2 Å². The van der Waals surface area contributed by atoms with Crippen molar-refractivity contribution in [2.45, 2.75) is 10.6 Å². The van der Waals surface area contributed by atoms with E-state index in [1.807, 2.05) is 12.1 Å². The zero-order valence-electron chi connectivity index (χ0n) is 10.4. The molecule has 0 aromatic heterocycles. The average molecular weight is 276 g/mol. The van der Waals surface area contributed by atoms with Gasteiger partial charge in [-0.3, -0.25) is 4.79 Å². The molecule has 98 valence electrons. The van der Waals surface area contributed by atoms with Crippen LogP contribution in [0.2, 0.25) is 0 Å². The Morgan fingerprint density at radius 1 is 1.21 bits per heavy atom. The van der Waals surface area contributed by atoms with E-state index in [-0.39, 0.29) is 11.6 Å². The van der Waals surface area contributed by atoms with Gasteiger partial charge in [0, 0.05) is 21.8 Å². The molecule has 0 aliphatic carbocycles. The summed E-state index contributed by atoms with van der Waals surface area (Å²) in [5.74, 6) is 0.458. The molecule has 0 bridgehead atoms. The second-order valence-corrected chi connectivity index (χ2v) is 4.96. The molecular formula is C15H13FO2S. The summed E-state index contributed by atoms with van der Waals surface area (Å²) in [5, 5.41) is 0. The number of carbonyl (C=O) groups excluding carboxylic acids is 1.